The maximum absolute atomic E-state index is 13.3. The molecule has 0 unspecified atom stereocenters. The highest BCUT2D eigenvalue weighted by molar-refractivity contribution is 7.89. The van der Waals surface area contributed by atoms with Crippen LogP contribution in [0.5, 0.6) is 0 Å². The van der Waals surface area contributed by atoms with Crippen LogP contribution in [0.3, 0.4) is 0 Å². The van der Waals surface area contributed by atoms with Crippen LogP contribution in [0.25, 0.3) is 23.1 Å². The van der Waals surface area contributed by atoms with Crippen molar-refractivity contribution in [1.82, 2.24) is 29.8 Å². The number of benzene rings is 2. The molecule has 2 aromatic carbocycles. The van der Waals surface area contributed by atoms with E-state index in [1.54, 1.807) is 42.9 Å². The summed E-state index contributed by atoms with van der Waals surface area (Å²) in [5, 5.41) is 23.9. The third kappa shape index (κ3) is 5.70. The summed E-state index contributed by atoms with van der Waals surface area (Å²) in [6.45, 7) is 1.39. The van der Waals surface area contributed by atoms with Crippen LogP contribution in [0.2, 0.25) is 0 Å². The first-order valence-corrected chi connectivity index (χ1v) is 13.6. The van der Waals surface area contributed by atoms with Gasteiger partial charge in [0.1, 0.15) is 0 Å². The molecule has 1 aliphatic rings. The summed E-state index contributed by atoms with van der Waals surface area (Å²) in [6.07, 6.45) is 10.6. The number of nitrogens with one attached hydrogen (secondary N) is 3. The number of aromatic amines is 1. The van der Waals surface area contributed by atoms with E-state index in [9.17, 15) is 13.5 Å². The highest BCUT2D eigenvalue weighted by Gasteiger charge is 2.31. The minimum Gasteiger partial charge on any atom is -0.395 e. The highest BCUT2D eigenvalue weighted by Crippen LogP contribution is 2.24. The fourth-order valence-corrected chi connectivity index (χ4v) is 6.15. The Labute approximate surface area is 215 Å². The Morgan fingerprint density at radius 2 is 1.78 bits per heavy atom. The van der Waals surface area contributed by atoms with Crippen LogP contribution >= 0.6 is 0 Å². The number of nitrogens with zero attached hydrogens (tertiary/aromatic N) is 4. The van der Waals surface area contributed by atoms with Crippen molar-refractivity contribution in [3.63, 3.8) is 0 Å². The first-order valence-electron chi connectivity index (χ1n) is 12.2. The van der Waals surface area contributed by atoms with E-state index < -0.39 is 10.0 Å². The Morgan fingerprint density at radius 1 is 1.03 bits per heavy atom. The second-order valence-corrected chi connectivity index (χ2v) is 10.7. The summed E-state index contributed by atoms with van der Waals surface area (Å²) in [5.41, 5.74) is 3.53. The smallest absolute Gasteiger partial charge is 0.243 e. The Kier molecular flexibility index (Phi) is 7.56. The number of fused-ring (bicyclic) bond motifs is 1. The van der Waals surface area contributed by atoms with E-state index in [2.05, 4.69) is 30.8 Å². The molecule has 1 fully saturated rings. The lowest BCUT2D eigenvalue weighted by Crippen LogP contribution is -2.47. The molecule has 0 saturated carbocycles. The van der Waals surface area contributed by atoms with Gasteiger partial charge in [0.05, 0.1) is 23.2 Å². The van der Waals surface area contributed by atoms with Crippen molar-refractivity contribution in [3.8, 4) is 0 Å². The normalized spacial score (nSPS) is 15.1. The van der Waals surface area contributed by atoms with Gasteiger partial charge in [-0.05, 0) is 61.8 Å². The highest BCUT2D eigenvalue weighted by atomic mass is 32.2. The van der Waals surface area contributed by atoms with E-state index in [0.717, 1.165) is 48.0 Å². The van der Waals surface area contributed by atoms with Crippen LogP contribution in [0.4, 0.5) is 11.6 Å². The number of sulfonamides is 1. The fraction of sp³-hybridized carbons (Fsp3) is 0.269. The summed E-state index contributed by atoms with van der Waals surface area (Å²) >= 11 is 0. The molecule has 3 heterocycles. The van der Waals surface area contributed by atoms with Crippen LogP contribution in [0, 0.1) is 0 Å². The minimum atomic E-state index is -3.72. The molecule has 1 saturated heterocycles. The van der Waals surface area contributed by atoms with Crippen molar-refractivity contribution in [3.05, 3.63) is 72.2 Å². The summed E-state index contributed by atoms with van der Waals surface area (Å²) in [6, 6.07) is 12.4. The van der Waals surface area contributed by atoms with Crippen molar-refractivity contribution in [1.29, 1.82) is 0 Å². The molecular weight excluding hydrogens is 490 g/mol. The van der Waals surface area contributed by atoms with Crippen LogP contribution in [-0.4, -0.2) is 70.3 Å². The monoisotopic (exact) mass is 519 g/mol. The Hall–Kier alpha value is -3.64. The number of aliphatic hydroxyl groups is 1. The second-order valence-electron chi connectivity index (χ2n) is 8.82. The largest absolute Gasteiger partial charge is 0.395 e. The van der Waals surface area contributed by atoms with Gasteiger partial charge in [-0.25, -0.2) is 18.4 Å². The van der Waals surface area contributed by atoms with Crippen molar-refractivity contribution in [2.75, 3.05) is 31.6 Å². The van der Waals surface area contributed by atoms with E-state index in [0.29, 0.717) is 11.6 Å². The lowest BCUT2D eigenvalue weighted by atomic mass is 10.1. The number of hydrogen-bond acceptors (Lipinski definition) is 8. The first-order chi connectivity index (χ1) is 18.0. The van der Waals surface area contributed by atoms with Crippen molar-refractivity contribution in [2.45, 2.75) is 23.8 Å². The number of H-pyrrole nitrogens is 1. The molecule has 37 heavy (non-hydrogen) atoms. The zero-order chi connectivity index (χ0) is 25.7. The molecule has 1 aliphatic heterocycles. The number of aromatic nitrogens is 4. The first kappa shape index (κ1) is 25.0. The Morgan fingerprint density at radius 3 is 2.51 bits per heavy atom. The average molecular weight is 520 g/mol. The molecule has 2 aromatic heterocycles. The quantitative estimate of drug-likeness (QED) is 0.265. The molecule has 0 radical (unpaired) electrons. The standard InChI is InChI=1S/C26H29N7O3S/c34-15-14-33(22-10-12-27-13-11-22)37(35,36)23-8-6-21(7-9-23)31-26-28-16-19(17-29-26)4-5-20-2-1-3-25-24(20)18-30-32-25/h1-9,16-18,22,27,34H,10-15H2,(H,30,32)(H,28,29,31)/b5-4+. The van der Waals surface area contributed by atoms with Crippen molar-refractivity contribution < 1.29 is 13.5 Å². The summed E-state index contributed by atoms with van der Waals surface area (Å²) in [7, 11) is -3.72. The van der Waals surface area contributed by atoms with E-state index in [1.165, 1.54) is 4.31 Å². The van der Waals surface area contributed by atoms with Gasteiger partial charge in [-0.2, -0.15) is 9.40 Å². The molecule has 0 atom stereocenters. The zero-order valence-corrected chi connectivity index (χ0v) is 21.0. The number of aliphatic hydroxyl groups excluding tert-OH is 1. The topological polar surface area (TPSA) is 136 Å². The van der Waals surface area contributed by atoms with E-state index in [4.69, 9.17) is 0 Å². The van der Waals surface area contributed by atoms with Crippen LogP contribution in [0.15, 0.2) is 66.0 Å². The third-order valence-corrected chi connectivity index (χ3v) is 8.37. The molecule has 0 amide bonds. The van der Waals surface area contributed by atoms with E-state index in [1.807, 2.05) is 30.4 Å². The van der Waals surface area contributed by atoms with Gasteiger partial charge in [-0.3, -0.25) is 5.10 Å². The number of rotatable bonds is 9. The predicted octanol–water partition coefficient (Wildman–Crippen LogP) is 3.00. The molecule has 4 aromatic rings. The molecule has 0 bridgehead atoms. The van der Waals surface area contributed by atoms with Gasteiger partial charge in [0.15, 0.2) is 0 Å². The van der Waals surface area contributed by atoms with Crippen LogP contribution < -0.4 is 10.6 Å². The maximum atomic E-state index is 13.3. The Balaban J connectivity index is 1.25. The van der Waals surface area contributed by atoms with Gasteiger partial charge in [0.25, 0.3) is 0 Å². The third-order valence-electron chi connectivity index (χ3n) is 6.40. The molecule has 0 aliphatic carbocycles. The van der Waals surface area contributed by atoms with Crippen LogP contribution in [0.1, 0.15) is 24.0 Å². The second kappa shape index (κ2) is 11.2. The lowest BCUT2D eigenvalue weighted by Gasteiger charge is -2.33. The van der Waals surface area contributed by atoms with Gasteiger partial charge >= 0.3 is 0 Å². The summed E-state index contributed by atoms with van der Waals surface area (Å²) in [5.74, 6) is 0.404. The number of anilines is 2. The summed E-state index contributed by atoms with van der Waals surface area (Å²) < 4.78 is 28.0. The molecule has 10 nitrogen and oxygen atoms in total. The molecular formula is C26H29N7O3S. The minimum absolute atomic E-state index is 0.0822. The summed E-state index contributed by atoms with van der Waals surface area (Å²) in [4.78, 5) is 8.94. The molecule has 0 spiro atoms. The Bertz CT molecular complexity index is 1460. The van der Waals surface area contributed by atoms with E-state index >= 15 is 0 Å². The average Bonchev–Trinajstić information content (AvgIpc) is 3.42. The van der Waals surface area contributed by atoms with Crippen molar-refractivity contribution in [2.24, 2.45) is 0 Å². The van der Waals surface area contributed by atoms with Gasteiger partial charge in [-0.1, -0.05) is 24.3 Å². The molecule has 11 heteroatoms. The molecule has 4 N–H and O–H groups in total. The molecule has 192 valence electrons. The van der Waals surface area contributed by atoms with Gasteiger partial charge in [-0.15, -0.1) is 0 Å². The fourth-order valence-electron chi connectivity index (χ4n) is 4.48. The lowest BCUT2D eigenvalue weighted by molar-refractivity contribution is 0.204. The predicted molar refractivity (Wildman–Crippen MR) is 144 cm³/mol. The van der Waals surface area contributed by atoms with Crippen molar-refractivity contribution >= 4 is 44.7 Å². The van der Waals surface area contributed by atoms with E-state index in [-0.39, 0.29) is 24.1 Å². The maximum Gasteiger partial charge on any atom is 0.243 e. The molecule has 5 rings (SSSR count). The number of piperidine rings is 1. The SMILES string of the molecule is O=S(=O)(c1ccc(Nc2ncc(/C=C/c3cccc4[nH]ncc34)cn2)cc1)N(CCO)C1CCNCC1. The van der Waals surface area contributed by atoms with Gasteiger partial charge in [0.2, 0.25) is 16.0 Å². The van der Waals surface area contributed by atoms with Crippen LogP contribution in [-0.2, 0) is 10.0 Å². The number of hydrogen-bond donors (Lipinski definition) is 4. The van der Waals surface area contributed by atoms with Gasteiger partial charge in [0, 0.05) is 41.6 Å². The van der Waals surface area contributed by atoms with Gasteiger partial charge < -0.3 is 15.7 Å². The zero-order valence-electron chi connectivity index (χ0n) is 20.2.